The SMILES string of the molecule is CC(C)c1ccc(Oc2cc3c4c(cc(Oc5ccc(C(C)C)cc5)c5c6c(Oc7ccc(C(C)C)cc7)cc7c8c(cc(Oc9ccc(C(C)C)cc9)c(c2c45)c86)C(=O)N(C(Cc2ncc[nH]2)C(=O)O)C7=O)C(=O)N(C(Cc2ncc[nH]2)C(=O)O)C3=O)cc1. The van der Waals surface area contributed by atoms with E-state index < -0.39 is 47.7 Å². The molecular formula is C72H62N6O12. The van der Waals surface area contributed by atoms with Crippen LogP contribution in [-0.2, 0) is 22.4 Å². The molecule has 0 saturated heterocycles. The van der Waals surface area contributed by atoms with Gasteiger partial charge in [0.05, 0.1) is 22.3 Å². The van der Waals surface area contributed by atoms with E-state index in [1.165, 1.54) is 49.1 Å². The van der Waals surface area contributed by atoms with Crippen molar-refractivity contribution in [1.29, 1.82) is 0 Å². The van der Waals surface area contributed by atoms with Crippen LogP contribution in [0.5, 0.6) is 46.0 Å². The summed E-state index contributed by atoms with van der Waals surface area (Å²) in [6.07, 6.45) is 5.19. The van der Waals surface area contributed by atoms with Crippen LogP contribution < -0.4 is 18.9 Å². The van der Waals surface area contributed by atoms with Gasteiger partial charge in [0.1, 0.15) is 69.7 Å². The van der Waals surface area contributed by atoms with Crippen molar-refractivity contribution in [2.24, 2.45) is 0 Å². The van der Waals surface area contributed by atoms with Gasteiger partial charge < -0.3 is 39.1 Å². The molecule has 2 aliphatic heterocycles. The predicted octanol–water partition coefficient (Wildman–Crippen LogP) is 15.4. The fourth-order valence-corrected chi connectivity index (χ4v) is 12.4. The van der Waals surface area contributed by atoms with Crippen molar-refractivity contribution in [1.82, 2.24) is 29.7 Å². The highest BCUT2D eigenvalue weighted by Crippen LogP contribution is 2.58. The van der Waals surface area contributed by atoms with Gasteiger partial charge in [0.2, 0.25) is 0 Å². The van der Waals surface area contributed by atoms with Crippen molar-refractivity contribution in [3.8, 4) is 46.0 Å². The van der Waals surface area contributed by atoms with Crippen molar-refractivity contribution in [3.63, 3.8) is 0 Å². The van der Waals surface area contributed by atoms with Crippen molar-refractivity contribution in [3.05, 3.63) is 202 Å². The zero-order valence-electron chi connectivity index (χ0n) is 50.5. The number of carbonyl (C=O) groups is 6. The minimum Gasteiger partial charge on any atom is -0.480 e. The Morgan fingerprint density at radius 1 is 0.389 bits per heavy atom. The van der Waals surface area contributed by atoms with Crippen LogP contribution in [0.4, 0.5) is 0 Å². The maximum atomic E-state index is 15.8. The summed E-state index contributed by atoms with van der Waals surface area (Å²) in [6.45, 7) is 16.5. The summed E-state index contributed by atoms with van der Waals surface area (Å²) in [6, 6.07) is 32.1. The van der Waals surface area contributed by atoms with Gasteiger partial charge in [0.15, 0.2) is 0 Å². The van der Waals surface area contributed by atoms with Crippen molar-refractivity contribution in [2.45, 2.75) is 104 Å². The Morgan fingerprint density at radius 2 is 0.633 bits per heavy atom. The molecule has 4 amide bonds. The second-order valence-electron chi connectivity index (χ2n) is 24.1. The van der Waals surface area contributed by atoms with Crippen LogP contribution in [0.25, 0.3) is 43.1 Å². The van der Waals surface area contributed by atoms with E-state index in [0.717, 1.165) is 32.1 Å². The third-order valence-electron chi connectivity index (χ3n) is 17.1. The number of amides is 4. The minimum absolute atomic E-state index is 0.0265. The number of imide groups is 2. The number of benzene rings is 9. The molecular weight excluding hydrogens is 1140 g/mol. The topological polar surface area (TPSA) is 244 Å². The van der Waals surface area contributed by atoms with E-state index in [2.05, 4.69) is 75.3 Å². The number of hydrogen-bond acceptors (Lipinski definition) is 12. The number of aromatic amines is 2. The van der Waals surface area contributed by atoms with Crippen LogP contribution in [0, 0.1) is 0 Å². The number of carbonyl (C=O) groups excluding carboxylic acids is 4. The lowest BCUT2D eigenvalue weighted by atomic mass is 9.80. The lowest BCUT2D eigenvalue weighted by Crippen LogP contribution is -2.51. The van der Waals surface area contributed by atoms with Crippen LogP contribution in [-0.4, -0.2) is 87.6 Å². The van der Waals surface area contributed by atoms with Gasteiger partial charge >= 0.3 is 11.9 Å². The molecule has 0 saturated carbocycles. The Bertz CT molecular complexity index is 4160. The number of fused-ring (bicyclic) bond motifs is 2. The molecule has 2 atom stereocenters. The van der Waals surface area contributed by atoms with Crippen LogP contribution in [0.1, 0.15) is 154 Å². The fraction of sp³-hybridized carbons (Fsp3) is 0.222. The molecule has 2 aliphatic rings. The lowest BCUT2D eigenvalue weighted by molar-refractivity contribution is -0.142. The molecule has 4 heterocycles. The Kier molecular flexibility index (Phi) is 14.7. The molecule has 2 aromatic heterocycles. The summed E-state index contributed by atoms with van der Waals surface area (Å²) in [5.74, 6) is -4.31. The summed E-state index contributed by atoms with van der Waals surface area (Å²) in [7, 11) is 0. The van der Waals surface area contributed by atoms with Gasteiger partial charge in [-0.15, -0.1) is 0 Å². The maximum Gasteiger partial charge on any atom is 0.327 e. The summed E-state index contributed by atoms with van der Waals surface area (Å²) >= 11 is 0. The Hall–Kier alpha value is -10.9. The van der Waals surface area contributed by atoms with Crippen LogP contribution in [0.15, 0.2) is 146 Å². The Balaban J connectivity index is 1.22. The van der Waals surface area contributed by atoms with E-state index in [1.807, 2.05) is 48.5 Å². The molecule has 0 radical (unpaired) electrons. The largest absolute Gasteiger partial charge is 0.480 e. The van der Waals surface area contributed by atoms with Gasteiger partial charge in [-0.25, -0.2) is 19.6 Å². The number of hydrogen-bond donors (Lipinski definition) is 4. The maximum absolute atomic E-state index is 15.8. The highest BCUT2D eigenvalue weighted by molar-refractivity contribution is 6.45. The molecule has 18 nitrogen and oxygen atoms in total. The van der Waals surface area contributed by atoms with E-state index in [1.54, 1.807) is 48.5 Å². The van der Waals surface area contributed by atoms with Crippen molar-refractivity contribution < 1.29 is 57.9 Å². The molecule has 13 rings (SSSR count). The lowest BCUT2D eigenvalue weighted by Gasteiger charge is -2.34. The molecule has 4 N–H and O–H groups in total. The fourth-order valence-electron chi connectivity index (χ4n) is 12.4. The van der Waals surface area contributed by atoms with E-state index in [4.69, 9.17) is 18.9 Å². The smallest absolute Gasteiger partial charge is 0.327 e. The van der Waals surface area contributed by atoms with Crippen molar-refractivity contribution >= 4 is 78.7 Å². The predicted molar refractivity (Wildman–Crippen MR) is 339 cm³/mol. The van der Waals surface area contributed by atoms with E-state index in [9.17, 15) is 19.8 Å². The molecule has 9 aromatic carbocycles. The van der Waals surface area contributed by atoms with Crippen LogP contribution in [0.2, 0.25) is 0 Å². The third kappa shape index (κ3) is 10.0. The average Bonchev–Trinajstić information content (AvgIpc) is 0.709. The molecule has 0 fully saturated rings. The van der Waals surface area contributed by atoms with E-state index in [-0.39, 0.29) is 137 Å². The Labute approximate surface area is 516 Å². The number of aliphatic carboxylic acids is 2. The first-order chi connectivity index (χ1) is 43.2. The second kappa shape index (κ2) is 22.7. The van der Waals surface area contributed by atoms with Gasteiger partial charge in [-0.3, -0.25) is 29.0 Å². The van der Waals surface area contributed by atoms with Crippen molar-refractivity contribution in [2.75, 3.05) is 0 Å². The average molecular weight is 1200 g/mol. The molecule has 0 aliphatic carbocycles. The number of aromatic nitrogens is 4. The molecule has 2 unspecified atom stereocenters. The highest BCUT2D eigenvalue weighted by atomic mass is 16.5. The van der Waals surface area contributed by atoms with Gasteiger partial charge in [0, 0.05) is 80.7 Å². The number of nitrogens with zero attached hydrogens (tertiary/aromatic N) is 4. The van der Waals surface area contributed by atoms with Gasteiger partial charge in [0.25, 0.3) is 23.6 Å². The minimum atomic E-state index is -1.76. The second-order valence-corrected chi connectivity index (χ2v) is 24.1. The zero-order chi connectivity index (χ0) is 63.1. The van der Waals surface area contributed by atoms with Gasteiger partial charge in [-0.1, -0.05) is 104 Å². The number of carboxylic acid groups (broad SMARTS) is 2. The number of nitrogens with one attached hydrogen (secondary N) is 2. The molecule has 452 valence electrons. The highest BCUT2D eigenvalue weighted by Gasteiger charge is 2.47. The number of rotatable bonds is 20. The number of ether oxygens (including phenoxy) is 4. The summed E-state index contributed by atoms with van der Waals surface area (Å²) in [5.41, 5.74) is 3.63. The quantitative estimate of drug-likeness (QED) is 0.0315. The molecule has 90 heavy (non-hydrogen) atoms. The Morgan fingerprint density at radius 3 is 0.833 bits per heavy atom. The third-order valence-corrected chi connectivity index (χ3v) is 17.1. The zero-order valence-corrected chi connectivity index (χ0v) is 50.5. The van der Waals surface area contributed by atoms with E-state index in [0.29, 0.717) is 23.0 Å². The summed E-state index contributed by atoms with van der Waals surface area (Å²) in [5, 5.41) is 23.7. The molecule has 0 spiro atoms. The normalized spacial score (nSPS) is 14.0. The summed E-state index contributed by atoms with van der Waals surface area (Å²) < 4.78 is 28.5. The molecule has 0 bridgehead atoms. The number of carboxylic acids is 2. The summed E-state index contributed by atoms with van der Waals surface area (Å²) in [4.78, 5) is 106. The van der Waals surface area contributed by atoms with Crippen LogP contribution >= 0.6 is 0 Å². The number of imidazole rings is 2. The first kappa shape index (κ1) is 58.2. The first-order valence-corrected chi connectivity index (χ1v) is 29.9. The molecule has 18 heteroatoms. The monoisotopic (exact) mass is 1200 g/mol. The van der Waals surface area contributed by atoms with E-state index >= 15 is 19.2 Å². The van der Waals surface area contributed by atoms with Crippen LogP contribution in [0.3, 0.4) is 0 Å². The van der Waals surface area contributed by atoms with Gasteiger partial charge in [-0.05, 0) is 119 Å². The standard InChI is InChI=1S/C72H62N6O12/c1-35(2)39-9-17-43(18-10-39)87-53-29-47-59-48(68(80)77(67(47)79)51(71(83)84)33-57-73-25-26-74-57)31-55(89-45-21-13-41(14-22-45)37(5)6)63-64-56(90-46-23-15-42(16-24-46)38(7)8)32-50-60-49(69(81)78(70(50)82)52(72(85)86)34-58-75-27-28-76-58)30-54(62(66(60)64)61(53)65(59)63)88-44-19-11-40(12-20-44)36(3)4/h9-32,35-38,51-52H,33-34H2,1-8H3,(H,73,74)(H,75,76)(H,83,84)(H,85,86). The number of H-pyrrole nitrogens is 2. The first-order valence-electron chi connectivity index (χ1n) is 29.9. The van der Waals surface area contributed by atoms with Gasteiger partial charge in [-0.2, -0.15) is 0 Å². The molecule has 11 aromatic rings.